The lowest BCUT2D eigenvalue weighted by Crippen LogP contribution is -1.93. The van der Waals surface area contributed by atoms with E-state index in [0.717, 1.165) is 12.2 Å². The van der Waals surface area contributed by atoms with Crippen LogP contribution in [-0.2, 0) is 4.79 Å². The molecular weight excluding hydrogens is 148 g/mol. The summed E-state index contributed by atoms with van der Waals surface area (Å²) in [5.41, 5.74) is 0. The van der Waals surface area contributed by atoms with Gasteiger partial charge >= 0.3 is 0 Å². The van der Waals surface area contributed by atoms with Gasteiger partial charge in [0.05, 0.1) is 0 Å². The zero-order valence-electron chi connectivity index (χ0n) is 8.42. The average Bonchev–Trinajstić information content (AvgIpc) is 2.00. The van der Waals surface area contributed by atoms with E-state index >= 15 is 0 Å². The van der Waals surface area contributed by atoms with E-state index in [1.165, 1.54) is 19.3 Å². The molecule has 0 fully saturated rings. The standard InChI is InChI=1S/C11H20O/c1-10(2)6-4-7-11(3)8-5-9-12/h5,8-11H,4,6-7H2,1-3H3/b8-5+/t11-/m1/s1. The molecule has 0 spiro atoms. The Bertz CT molecular complexity index is 136. The number of rotatable bonds is 6. The van der Waals surface area contributed by atoms with Crippen LogP contribution >= 0.6 is 0 Å². The van der Waals surface area contributed by atoms with E-state index in [2.05, 4.69) is 20.8 Å². The highest BCUT2D eigenvalue weighted by Gasteiger charge is 1.98. The number of aldehydes is 1. The molecule has 1 nitrogen and oxygen atoms in total. The molecule has 0 N–H and O–H groups in total. The molecule has 70 valence electrons. The van der Waals surface area contributed by atoms with Crippen molar-refractivity contribution in [1.82, 2.24) is 0 Å². The highest BCUT2D eigenvalue weighted by Crippen LogP contribution is 2.12. The van der Waals surface area contributed by atoms with Crippen LogP contribution in [-0.4, -0.2) is 6.29 Å². The van der Waals surface area contributed by atoms with Gasteiger partial charge in [0.2, 0.25) is 0 Å². The van der Waals surface area contributed by atoms with Gasteiger partial charge in [0.15, 0.2) is 0 Å². The molecule has 0 aromatic carbocycles. The summed E-state index contributed by atoms with van der Waals surface area (Å²) in [4.78, 5) is 10.0. The van der Waals surface area contributed by atoms with E-state index in [9.17, 15) is 4.79 Å². The van der Waals surface area contributed by atoms with Gasteiger partial charge in [0, 0.05) is 0 Å². The van der Waals surface area contributed by atoms with Crippen LogP contribution in [0.1, 0.15) is 40.0 Å². The summed E-state index contributed by atoms with van der Waals surface area (Å²) in [6.07, 6.45) is 8.18. The molecule has 0 amide bonds. The summed E-state index contributed by atoms with van der Waals surface area (Å²) < 4.78 is 0. The Hall–Kier alpha value is -0.590. The lowest BCUT2D eigenvalue weighted by Gasteiger charge is -2.06. The summed E-state index contributed by atoms with van der Waals surface area (Å²) in [6, 6.07) is 0. The second kappa shape index (κ2) is 7.08. The molecular formula is C11H20O. The zero-order chi connectivity index (χ0) is 9.40. The fourth-order valence-electron chi connectivity index (χ4n) is 1.18. The highest BCUT2D eigenvalue weighted by molar-refractivity contribution is 5.64. The number of allylic oxidation sites excluding steroid dienone is 2. The third-order valence-electron chi connectivity index (χ3n) is 1.96. The molecule has 1 atom stereocenters. The summed E-state index contributed by atoms with van der Waals surface area (Å²) in [5, 5.41) is 0. The van der Waals surface area contributed by atoms with Crippen LogP contribution in [0.3, 0.4) is 0 Å². The summed E-state index contributed by atoms with van der Waals surface area (Å²) in [6.45, 7) is 6.64. The van der Waals surface area contributed by atoms with Crippen LogP contribution in [0.2, 0.25) is 0 Å². The first kappa shape index (κ1) is 11.4. The van der Waals surface area contributed by atoms with E-state index in [-0.39, 0.29) is 0 Å². The molecule has 0 bridgehead atoms. The fourth-order valence-corrected chi connectivity index (χ4v) is 1.18. The van der Waals surface area contributed by atoms with Crippen molar-refractivity contribution in [2.45, 2.75) is 40.0 Å². The summed E-state index contributed by atoms with van der Waals surface area (Å²) >= 11 is 0. The minimum Gasteiger partial charge on any atom is -0.299 e. The van der Waals surface area contributed by atoms with Gasteiger partial charge in [0.1, 0.15) is 6.29 Å². The van der Waals surface area contributed by atoms with Crippen molar-refractivity contribution in [3.8, 4) is 0 Å². The predicted molar refractivity (Wildman–Crippen MR) is 53.1 cm³/mol. The number of hydrogen-bond acceptors (Lipinski definition) is 1. The van der Waals surface area contributed by atoms with Crippen LogP contribution in [0.25, 0.3) is 0 Å². The van der Waals surface area contributed by atoms with Crippen molar-refractivity contribution in [2.75, 3.05) is 0 Å². The molecule has 0 radical (unpaired) electrons. The summed E-state index contributed by atoms with van der Waals surface area (Å²) in [5.74, 6) is 1.35. The van der Waals surface area contributed by atoms with E-state index in [1.807, 2.05) is 6.08 Å². The number of carbonyl (C=O) groups is 1. The quantitative estimate of drug-likeness (QED) is 0.439. The maximum absolute atomic E-state index is 10.0. The van der Waals surface area contributed by atoms with Crippen LogP contribution in [0.15, 0.2) is 12.2 Å². The van der Waals surface area contributed by atoms with Gasteiger partial charge in [-0.05, 0) is 24.3 Å². The average molecular weight is 168 g/mol. The highest BCUT2D eigenvalue weighted by atomic mass is 16.1. The Balaban J connectivity index is 3.37. The van der Waals surface area contributed by atoms with Gasteiger partial charge in [-0.3, -0.25) is 4.79 Å². The van der Waals surface area contributed by atoms with Crippen molar-refractivity contribution in [1.29, 1.82) is 0 Å². The molecule has 0 aliphatic carbocycles. The van der Waals surface area contributed by atoms with Crippen molar-refractivity contribution in [3.63, 3.8) is 0 Å². The van der Waals surface area contributed by atoms with Crippen LogP contribution in [0.5, 0.6) is 0 Å². The third kappa shape index (κ3) is 7.52. The maximum Gasteiger partial charge on any atom is 0.142 e. The maximum atomic E-state index is 10.0. The largest absolute Gasteiger partial charge is 0.299 e. The minimum atomic E-state index is 0.550. The Labute approximate surface area is 75.9 Å². The first-order valence-electron chi connectivity index (χ1n) is 4.78. The third-order valence-corrected chi connectivity index (χ3v) is 1.96. The Morgan fingerprint density at radius 2 is 1.83 bits per heavy atom. The topological polar surface area (TPSA) is 17.1 Å². The SMILES string of the molecule is CC(C)CCC[C@@H](C)/C=C/C=O. The van der Waals surface area contributed by atoms with Crippen LogP contribution < -0.4 is 0 Å². The van der Waals surface area contributed by atoms with Crippen molar-refractivity contribution < 1.29 is 4.79 Å². The molecule has 0 aliphatic heterocycles. The first-order chi connectivity index (χ1) is 5.66. The van der Waals surface area contributed by atoms with Crippen molar-refractivity contribution in [3.05, 3.63) is 12.2 Å². The Morgan fingerprint density at radius 1 is 1.17 bits per heavy atom. The molecule has 0 heterocycles. The lowest BCUT2D eigenvalue weighted by molar-refractivity contribution is -0.104. The molecule has 0 aromatic heterocycles. The van der Waals surface area contributed by atoms with Gasteiger partial charge < -0.3 is 0 Å². The molecule has 0 saturated carbocycles. The second-order valence-electron chi connectivity index (χ2n) is 3.82. The van der Waals surface area contributed by atoms with Crippen LogP contribution in [0.4, 0.5) is 0 Å². The number of hydrogen-bond donors (Lipinski definition) is 0. The number of carbonyl (C=O) groups excluding carboxylic acids is 1. The molecule has 0 aliphatic rings. The zero-order valence-corrected chi connectivity index (χ0v) is 8.42. The molecule has 0 aromatic rings. The Morgan fingerprint density at radius 3 is 2.33 bits per heavy atom. The molecule has 0 rings (SSSR count). The van der Waals surface area contributed by atoms with Gasteiger partial charge in [-0.15, -0.1) is 0 Å². The smallest absolute Gasteiger partial charge is 0.142 e. The summed E-state index contributed by atoms with van der Waals surface area (Å²) in [7, 11) is 0. The molecule has 1 heteroatoms. The van der Waals surface area contributed by atoms with E-state index in [4.69, 9.17) is 0 Å². The fraction of sp³-hybridized carbons (Fsp3) is 0.727. The second-order valence-corrected chi connectivity index (χ2v) is 3.82. The van der Waals surface area contributed by atoms with Crippen LogP contribution in [0, 0.1) is 11.8 Å². The lowest BCUT2D eigenvalue weighted by atomic mass is 9.99. The van der Waals surface area contributed by atoms with Gasteiger partial charge in [-0.25, -0.2) is 0 Å². The Kier molecular flexibility index (Phi) is 6.73. The van der Waals surface area contributed by atoms with Crippen molar-refractivity contribution >= 4 is 6.29 Å². The van der Waals surface area contributed by atoms with Gasteiger partial charge in [0.25, 0.3) is 0 Å². The molecule has 0 saturated heterocycles. The minimum absolute atomic E-state index is 0.550. The van der Waals surface area contributed by atoms with Crippen molar-refractivity contribution in [2.24, 2.45) is 11.8 Å². The van der Waals surface area contributed by atoms with E-state index in [1.54, 1.807) is 6.08 Å². The normalized spacial score (nSPS) is 14.0. The first-order valence-corrected chi connectivity index (χ1v) is 4.78. The molecule has 0 unspecified atom stereocenters. The monoisotopic (exact) mass is 168 g/mol. The van der Waals surface area contributed by atoms with E-state index < -0.39 is 0 Å². The van der Waals surface area contributed by atoms with Gasteiger partial charge in [-0.2, -0.15) is 0 Å². The van der Waals surface area contributed by atoms with Gasteiger partial charge in [-0.1, -0.05) is 39.7 Å². The van der Waals surface area contributed by atoms with E-state index in [0.29, 0.717) is 5.92 Å². The predicted octanol–water partition coefficient (Wildman–Crippen LogP) is 3.20. The molecule has 12 heavy (non-hydrogen) atoms.